The summed E-state index contributed by atoms with van der Waals surface area (Å²) in [5.41, 5.74) is 6.75. The first-order chi connectivity index (χ1) is 12.6. The van der Waals surface area contributed by atoms with E-state index in [0.29, 0.717) is 0 Å². The summed E-state index contributed by atoms with van der Waals surface area (Å²) in [5, 5.41) is 5.61. The van der Waals surface area contributed by atoms with Gasteiger partial charge in [-0.25, -0.2) is 0 Å². The molecule has 0 aliphatic carbocycles. The molecular formula is C25H23Br. The van der Waals surface area contributed by atoms with E-state index in [0.717, 1.165) is 17.3 Å². The van der Waals surface area contributed by atoms with E-state index in [2.05, 4.69) is 97.4 Å². The van der Waals surface area contributed by atoms with E-state index in [1.807, 2.05) is 0 Å². The lowest BCUT2D eigenvalue weighted by Crippen LogP contribution is -1.94. The van der Waals surface area contributed by atoms with Gasteiger partial charge in [0.25, 0.3) is 0 Å². The molecule has 26 heavy (non-hydrogen) atoms. The topological polar surface area (TPSA) is 0 Å². The first kappa shape index (κ1) is 17.3. The third kappa shape index (κ3) is 2.85. The Hall–Kier alpha value is -2.12. The molecule has 4 aromatic carbocycles. The van der Waals surface area contributed by atoms with Gasteiger partial charge in [-0.3, -0.25) is 0 Å². The van der Waals surface area contributed by atoms with Crippen molar-refractivity contribution in [2.24, 2.45) is 0 Å². The van der Waals surface area contributed by atoms with Gasteiger partial charge in [0.05, 0.1) is 0 Å². The average molecular weight is 403 g/mol. The molecule has 0 aromatic heterocycles. The molecule has 4 rings (SSSR count). The van der Waals surface area contributed by atoms with Crippen LogP contribution in [0.15, 0.2) is 65.1 Å². The quantitative estimate of drug-likeness (QED) is 0.306. The third-order valence-electron chi connectivity index (χ3n) is 5.33. The molecule has 0 spiro atoms. The molecule has 130 valence electrons. The van der Waals surface area contributed by atoms with Crippen LogP contribution in [0.25, 0.3) is 32.7 Å². The molecule has 4 aromatic rings. The summed E-state index contributed by atoms with van der Waals surface area (Å²) in [4.78, 5) is 0. The van der Waals surface area contributed by atoms with Crippen LogP contribution >= 0.6 is 15.9 Å². The number of rotatable bonds is 3. The normalized spacial score (nSPS) is 11.4. The monoisotopic (exact) mass is 402 g/mol. The largest absolute Gasteiger partial charge is 0.0616 e. The van der Waals surface area contributed by atoms with Crippen molar-refractivity contribution in [1.82, 2.24) is 0 Å². The van der Waals surface area contributed by atoms with E-state index in [9.17, 15) is 0 Å². The average Bonchev–Trinajstić information content (AvgIpc) is 2.64. The molecule has 0 amide bonds. The second-order valence-electron chi connectivity index (χ2n) is 6.99. The summed E-state index contributed by atoms with van der Waals surface area (Å²) in [6.45, 7) is 6.68. The van der Waals surface area contributed by atoms with Crippen molar-refractivity contribution in [2.45, 2.75) is 33.6 Å². The van der Waals surface area contributed by atoms with Crippen LogP contribution in [-0.2, 0) is 12.8 Å². The summed E-state index contributed by atoms with van der Waals surface area (Å²) < 4.78 is 1.14. The lowest BCUT2D eigenvalue weighted by molar-refractivity contribution is 1.15. The van der Waals surface area contributed by atoms with E-state index in [1.54, 1.807) is 0 Å². The first-order valence-corrected chi connectivity index (χ1v) is 10.2. The van der Waals surface area contributed by atoms with Crippen molar-refractivity contribution < 1.29 is 0 Å². The van der Waals surface area contributed by atoms with Gasteiger partial charge >= 0.3 is 0 Å². The predicted octanol–water partition coefficient (Wildman–Crippen LogP) is 7.86. The van der Waals surface area contributed by atoms with Gasteiger partial charge in [-0.15, -0.1) is 0 Å². The smallest absolute Gasteiger partial charge is 0.0184 e. The molecular weight excluding hydrogens is 380 g/mol. The van der Waals surface area contributed by atoms with E-state index in [1.165, 1.54) is 49.4 Å². The second kappa shape index (κ2) is 6.89. The van der Waals surface area contributed by atoms with Crippen LogP contribution in [0.4, 0.5) is 0 Å². The lowest BCUT2D eigenvalue weighted by Gasteiger charge is -2.16. The van der Waals surface area contributed by atoms with Crippen LogP contribution in [0.2, 0.25) is 0 Å². The number of fused-ring (bicyclic) bond motifs is 2. The molecule has 0 fully saturated rings. The third-order valence-corrected chi connectivity index (χ3v) is 5.79. The molecule has 0 radical (unpaired) electrons. The van der Waals surface area contributed by atoms with Gasteiger partial charge in [0.2, 0.25) is 0 Å². The van der Waals surface area contributed by atoms with Crippen LogP contribution in [-0.4, -0.2) is 0 Å². The number of aryl methyl sites for hydroxylation is 3. The molecule has 0 saturated carbocycles. The van der Waals surface area contributed by atoms with Crippen molar-refractivity contribution >= 4 is 37.5 Å². The number of halogens is 1. The highest BCUT2D eigenvalue weighted by atomic mass is 79.9. The van der Waals surface area contributed by atoms with Crippen molar-refractivity contribution in [1.29, 1.82) is 0 Å². The van der Waals surface area contributed by atoms with Crippen molar-refractivity contribution in [3.05, 3.63) is 81.8 Å². The van der Waals surface area contributed by atoms with Gasteiger partial charge in [-0.2, -0.15) is 0 Å². The molecule has 0 unspecified atom stereocenters. The minimum Gasteiger partial charge on any atom is -0.0616 e. The van der Waals surface area contributed by atoms with Crippen LogP contribution < -0.4 is 0 Å². The highest BCUT2D eigenvalue weighted by Crippen LogP contribution is 2.36. The molecule has 0 atom stereocenters. The highest BCUT2D eigenvalue weighted by Gasteiger charge is 2.13. The standard InChI is InChI=1S/C25H23Br/c1-4-20-22-8-6-7-9-23(22)21(5-2)25-15-17(10-11-24(20)25)18-12-16(3)13-19(26)14-18/h6-15H,4-5H2,1-3H3. The van der Waals surface area contributed by atoms with Gasteiger partial charge < -0.3 is 0 Å². The SMILES string of the molecule is CCc1c2ccccc2c(CC)c2cc(-c3cc(C)cc(Br)c3)ccc12. The predicted molar refractivity (Wildman–Crippen MR) is 118 cm³/mol. The summed E-state index contributed by atoms with van der Waals surface area (Å²) in [6, 6.07) is 22.5. The Bertz CT molecular complexity index is 1100. The summed E-state index contributed by atoms with van der Waals surface area (Å²) >= 11 is 3.64. The van der Waals surface area contributed by atoms with Crippen molar-refractivity contribution in [3.8, 4) is 11.1 Å². The van der Waals surface area contributed by atoms with E-state index in [4.69, 9.17) is 0 Å². The van der Waals surface area contributed by atoms with Gasteiger partial charge in [-0.05, 0) is 87.3 Å². The number of benzene rings is 4. The molecule has 0 nitrogen and oxygen atoms in total. The molecule has 0 heterocycles. The highest BCUT2D eigenvalue weighted by molar-refractivity contribution is 9.10. The van der Waals surface area contributed by atoms with E-state index < -0.39 is 0 Å². The zero-order chi connectivity index (χ0) is 18.3. The van der Waals surface area contributed by atoms with Crippen molar-refractivity contribution in [2.75, 3.05) is 0 Å². The number of hydrogen-bond acceptors (Lipinski definition) is 0. The van der Waals surface area contributed by atoms with E-state index in [-0.39, 0.29) is 0 Å². The van der Waals surface area contributed by atoms with Crippen LogP contribution in [0.5, 0.6) is 0 Å². The Kier molecular flexibility index (Phi) is 4.58. The number of hydrogen-bond donors (Lipinski definition) is 0. The summed E-state index contributed by atoms with van der Waals surface area (Å²) in [5.74, 6) is 0. The van der Waals surface area contributed by atoms with Crippen molar-refractivity contribution in [3.63, 3.8) is 0 Å². The molecule has 0 aliphatic heterocycles. The molecule has 1 heteroatoms. The maximum absolute atomic E-state index is 3.64. The van der Waals surface area contributed by atoms with Gasteiger partial charge in [-0.1, -0.05) is 72.2 Å². The van der Waals surface area contributed by atoms with Crippen LogP contribution in [0, 0.1) is 6.92 Å². The molecule has 0 bridgehead atoms. The fraction of sp³-hybridized carbons (Fsp3) is 0.200. The Morgan fingerprint density at radius 2 is 1.27 bits per heavy atom. The lowest BCUT2D eigenvalue weighted by atomic mass is 9.88. The molecule has 0 N–H and O–H groups in total. The zero-order valence-corrected chi connectivity index (χ0v) is 17.2. The maximum atomic E-state index is 3.64. The fourth-order valence-electron chi connectivity index (χ4n) is 4.20. The second-order valence-corrected chi connectivity index (χ2v) is 7.90. The molecule has 0 aliphatic rings. The Labute approximate surface area is 164 Å². The van der Waals surface area contributed by atoms with E-state index >= 15 is 0 Å². The summed E-state index contributed by atoms with van der Waals surface area (Å²) in [6.07, 6.45) is 2.10. The maximum Gasteiger partial charge on any atom is 0.0184 e. The zero-order valence-electron chi connectivity index (χ0n) is 15.6. The van der Waals surface area contributed by atoms with Crippen LogP contribution in [0.3, 0.4) is 0 Å². The Morgan fingerprint density at radius 1 is 0.654 bits per heavy atom. The minimum absolute atomic E-state index is 1.04. The summed E-state index contributed by atoms with van der Waals surface area (Å²) in [7, 11) is 0. The Morgan fingerprint density at radius 3 is 1.88 bits per heavy atom. The Balaban J connectivity index is 2.08. The fourth-order valence-corrected chi connectivity index (χ4v) is 4.81. The first-order valence-electron chi connectivity index (χ1n) is 9.36. The minimum atomic E-state index is 1.04. The molecule has 0 saturated heterocycles. The van der Waals surface area contributed by atoms with Gasteiger partial charge in [0, 0.05) is 4.47 Å². The van der Waals surface area contributed by atoms with Crippen LogP contribution in [0.1, 0.15) is 30.5 Å². The van der Waals surface area contributed by atoms with Gasteiger partial charge in [0.15, 0.2) is 0 Å². The van der Waals surface area contributed by atoms with Gasteiger partial charge in [0.1, 0.15) is 0 Å².